The maximum absolute atomic E-state index is 11.6. The van der Waals surface area contributed by atoms with Crippen molar-refractivity contribution in [3.63, 3.8) is 0 Å². The highest BCUT2D eigenvalue weighted by Gasteiger charge is 2.31. The van der Waals surface area contributed by atoms with E-state index >= 15 is 0 Å². The molecule has 0 unspecified atom stereocenters. The fourth-order valence-corrected chi connectivity index (χ4v) is 1.27. The second-order valence-corrected chi connectivity index (χ2v) is 3.77. The molecule has 1 aliphatic rings. The van der Waals surface area contributed by atoms with Gasteiger partial charge in [-0.2, -0.15) is 0 Å². The Morgan fingerprint density at radius 1 is 1.57 bits per heavy atom. The highest BCUT2D eigenvalue weighted by molar-refractivity contribution is 6.01. The summed E-state index contributed by atoms with van der Waals surface area (Å²) in [6, 6.07) is 0. The zero-order valence-corrected chi connectivity index (χ0v) is 8.23. The first-order valence-corrected chi connectivity index (χ1v) is 4.47. The number of ketones is 1. The van der Waals surface area contributed by atoms with Gasteiger partial charge in [-0.3, -0.25) is 4.79 Å². The number of ether oxygens (including phenoxy) is 1. The minimum Gasteiger partial charge on any atom is -0.361 e. The predicted octanol–water partition coefficient (Wildman–Crippen LogP) is 1.10. The second kappa shape index (κ2) is 3.06. The van der Waals surface area contributed by atoms with Gasteiger partial charge in [0.25, 0.3) is 0 Å². The van der Waals surface area contributed by atoms with E-state index in [1.807, 2.05) is 0 Å². The molecule has 0 bridgehead atoms. The van der Waals surface area contributed by atoms with E-state index in [0.29, 0.717) is 6.61 Å². The highest BCUT2D eigenvalue weighted by atomic mass is 16.5. The molecule has 1 aliphatic heterocycles. The highest BCUT2D eigenvalue weighted by Crippen LogP contribution is 2.21. The summed E-state index contributed by atoms with van der Waals surface area (Å²) in [7, 11) is 0. The summed E-state index contributed by atoms with van der Waals surface area (Å²) in [5.74, 6) is -0.00699. The number of carbonyl (C=O) groups excluding carboxylic acids is 1. The fourth-order valence-electron chi connectivity index (χ4n) is 1.27. The van der Waals surface area contributed by atoms with Crippen molar-refractivity contribution in [3.05, 3.63) is 24.8 Å². The summed E-state index contributed by atoms with van der Waals surface area (Å²) < 4.78 is 7.23. The Bertz CT molecular complexity index is 377. The number of imidazole rings is 1. The van der Waals surface area contributed by atoms with Crippen LogP contribution < -0.4 is 0 Å². The van der Waals surface area contributed by atoms with Gasteiger partial charge in [-0.05, 0) is 13.8 Å². The van der Waals surface area contributed by atoms with Crippen molar-refractivity contribution in [2.45, 2.75) is 19.4 Å². The number of aromatic nitrogens is 2. The molecular formula is C10H12N2O2. The van der Waals surface area contributed by atoms with Crippen molar-refractivity contribution in [3.8, 4) is 0 Å². The van der Waals surface area contributed by atoms with Gasteiger partial charge in [-0.1, -0.05) is 0 Å². The number of carbonyl (C=O) groups is 1. The fraction of sp³-hybridized carbons (Fsp3) is 0.400. The third-order valence-electron chi connectivity index (χ3n) is 2.31. The Kier molecular flexibility index (Phi) is 2.00. The van der Waals surface area contributed by atoms with Crippen LogP contribution in [0.15, 0.2) is 24.8 Å². The van der Waals surface area contributed by atoms with E-state index in [1.165, 1.54) is 0 Å². The first-order valence-electron chi connectivity index (χ1n) is 4.47. The molecule has 0 amide bonds. The normalized spacial score (nSPS) is 20.7. The summed E-state index contributed by atoms with van der Waals surface area (Å²) in [6.07, 6.45) is 6.73. The SMILES string of the molecule is CC1(C)OCC(n2ccnc2)=CC1=O. The van der Waals surface area contributed by atoms with Crippen LogP contribution in [0.25, 0.3) is 5.70 Å². The lowest BCUT2D eigenvalue weighted by atomic mass is 10.0. The van der Waals surface area contributed by atoms with Crippen LogP contribution >= 0.6 is 0 Å². The smallest absolute Gasteiger partial charge is 0.188 e. The van der Waals surface area contributed by atoms with Crippen molar-refractivity contribution in [2.24, 2.45) is 0 Å². The molecule has 2 rings (SSSR count). The summed E-state index contributed by atoms with van der Waals surface area (Å²) >= 11 is 0. The van der Waals surface area contributed by atoms with Crippen molar-refractivity contribution < 1.29 is 9.53 Å². The summed E-state index contributed by atoms with van der Waals surface area (Å²) in [4.78, 5) is 15.5. The maximum atomic E-state index is 11.6. The van der Waals surface area contributed by atoms with Crippen LogP contribution in [0.3, 0.4) is 0 Å². The molecule has 0 radical (unpaired) electrons. The molecule has 0 aliphatic carbocycles. The van der Waals surface area contributed by atoms with Crippen LogP contribution in [0.5, 0.6) is 0 Å². The lowest BCUT2D eigenvalue weighted by molar-refractivity contribution is -0.135. The Labute approximate surface area is 82.2 Å². The zero-order chi connectivity index (χ0) is 10.2. The first-order chi connectivity index (χ1) is 6.59. The standard InChI is InChI=1S/C10H12N2O2/c1-10(2)9(13)5-8(6-14-10)12-4-3-11-7-12/h3-5,7H,6H2,1-2H3. The number of hydrogen-bond donors (Lipinski definition) is 0. The molecule has 2 heterocycles. The van der Waals surface area contributed by atoms with Crippen molar-refractivity contribution >= 4 is 11.5 Å². The van der Waals surface area contributed by atoms with Gasteiger partial charge in [0.05, 0.1) is 18.6 Å². The molecule has 4 heteroatoms. The average Bonchev–Trinajstić information content (AvgIpc) is 2.62. The Hall–Kier alpha value is -1.42. The molecule has 14 heavy (non-hydrogen) atoms. The summed E-state index contributed by atoms with van der Waals surface area (Å²) in [5.41, 5.74) is 0.135. The molecular weight excluding hydrogens is 180 g/mol. The van der Waals surface area contributed by atoms with Gasteiger partial charge in [0, 0.05) is 18.5 Å². The minimum atomic E-state index is -0.690. The topological polar surface area (TPSA) is 44.1 Å². The lowest BCUT2D eigenvalue weighted by Gasteiger charge is -2.27. The Morgan fingerprint density at radius 3 is 2.93 bits per heavy atom. The van der Waals surface area contributed by atoms with Gasteiger partial charge in [0.15, 0.2) is 5.78 Å². The number of nitrogens with zero attached hydrogens (tertiary/aromatic N) is 2. The Morgan fingerprint density at radius 2 is 2.36 bits per heavy atom. The maximum Gasteiger partial charge on any atom is 0.188 e. The van der Waals surface area contributed by atoms with Crippen molar-refractivity contribution in [2.75, 3.05) is 6.61 Å². The van der Waals surface area contributed by atoms with E-state index in [-0.39, 0.29) is 5.78 Å². The monoisotopic (exact) mass is 192 g/mol. The van der Waals surface area contributed by atoms with Gasteiger partial charge >= 0.3 is 0 Å². The zero-order valence-electron chi connectivity index (χ0n) is 8.23. The third kappa shape index (κ3) is 1.48. The lowest BCUT2D eigenvalue weighted by Crippen LogP contribution is -2.38. The number of hydrogen-bond acceptors (Lipinski definition) is 3. The first kappa shape index (κ1) is 9.15. The quantitative estimate of drug-likeness (QED) is 0.669. The minimum absolute atomic E-state index is 0.00699. The largest absolute Gasteiger partial charge is 0.361 e. The Balaban J connectivity index is 2.30. The van der Waals surface area contributed by atoms with Crippen LogP contribution in [-0.4, -0.2) is 27.5 Å². The van der Waals surface area contributed by atoms with Crippen LogP contribution in [0.4, 0.5) is 0 Å². The van der Waals surface area contributed by atoms with E-state index in [9.17, 15) is 4.79 Å². The van der Waals surface area contributed by atoms with Crippen LogP contribution in [-0.2, 0) is 9.53 Å². The third-order valence-corrected chi connectivity index (χ3v) is 2.31. The molecule has 0 spiro atoms. The van der Waals surface area contributed by atoms with Crippen LogP contribution in [0.2, 0.25) is 0 Å². The molecule has 1 aromatic heterocycles. The van der Waals surface area contributed by atoms with Crippen LogP contribution in [0.1, 0.15) is 13.8 Å². The molecule has 0 N–H and O–H groups in total. The van der Waals surface area contributed by atoms with E-state index in [1.54, 1.807) is 43.2 Å². The van der Waals surface area contributed by atoms with E-state index < -0.39 is 5.60 Å². The molecule has 0 saturated carbocycles. The number of rotatable bonds is 1. The van der Waals surface area contributed by atoms with E-state index in [2.05, 4.69) is 4.98 Å². The molecule has 0 saturated heterocycles. The molecule has 0 atom stereocenters. The van der Waals surface area contributed by atoms with Gasteiger partial charge in [-0.25, -0.2) is 4.98 Å². The predicted molar refractivity (Wildman–Crippen MR) is 51.5 cm³/mol. The van der Waals surface area contributed by atoms with Crippen LogP contribution in [0, 0.1) is 0 Å². The second-order valence-electron chi connectivity index (χ2n) is 3.77. The van der Waals surface area contributed by atoms with E-state index in [4.69, 9.17) is 4.74 Å². The van der Waals surface area contributed by atoms with Gasteiger partial charge < -0.3 is 9.30 Å². The van der Waals surface area contributed by atoms with Gasteiger partial charge in [-0.15, -0.1) is 0 Å². The van der Waals surface area contributed by atoms with Crippen molar-refractivity contribution in [1.82, 2.24) is 9.55 Å². The summed E-state index contributed by atoms with van der Waals surface area (Å²) in [6.45, 7) is 3.99. The van der Waals surface area contributed by atoms with E-state index in [0.717, 1.165) is 5.70 Å². The summed E-state index contributed by atoms with van der Waals surface area (Å²) in [5, 5.41) is 0. The molecule has 4 nitrogen and oxygen atoms in total. The molecule has 74 valence electrons. The molecule has 0 fully saturated rings. The average molecular weight is 192 g/mol. The molecule has 1 aromatic rings. The molecule has 0 aromatic carbocycles. The van der Waals surface area contributed by atoms with Gasteiger partial charge in [0.1, 0.15) is 5.60 Å². The van der Waals surface area contributed by atoms with Crippen molar-refractivity contribution in [1.29, 1.82) is 0 Å². The van der Waals surface area contributed by atoms with Gasteiger partial charge in [0.2, 0.25) is 0 Å².